The predicted molar refractivity (Wildman–Crippen MR) is 39.8 cm³/mol. The van der Waals surface area contributed by atoms with E-state index in [2.05, 4.69) is 13.8 Å². The molecule has 0 aromatic rings. The summed E-state index contributed by atoms with van der Waals surface area (Å²) in [5, 5.41) is 0. The number of unbranched alkanes of at least 4 members (excludes halogenated alkanes) is 5. The van der Waals surface area contributed by atoms with Crippen LogP contribution in [0.3, 0.4) is 0 Å². The zero-order valence-electron chi connectivity index (χ0n) is 6.95. The van der Waals surface area contributed by atoms with Crippen LogP contribution in [0, 0.1) is 6.92 Å². The maximum atomic E-state index is 3.78. The highest BCUT2D eigenvalue weighted by Crippen LogP contribution is 2.03. The van der Waals surface area contributed by atoms with Crippen molar-refractivity contribution in [3.8, 4) is 0 Å². The SMILES string of the molecule is [CH2]CCCCCCC.[H+]. The van der Waals surface area contributed by atoms with Gasteiger partial charge in [-0.15, -0.1) is 0 Å². The van der Waals surface area contributed by atoms with Crippen LogP contribution in [0.1, 0.15) is 46.9 Å². The van der Waals surface area contributed by atoms with Gasteiger partial charge in [0.05, 0.1) is 0 Å². The molecule has 0 saturated heterocycles. The first kappa shape index (κ1) is 8.00. The van der Waals surface area contributed by atoms with E-state index in [1.165, 1.54) is 32.1 Å². The molecular formula is C8H18+. The fourth-order valence-electron chi connectivity index (χ4n) is 0.780. The van der Waals surface area contributed by atoms with Crippen molar-refractivity contribution < 1.29 is 1.43 Å². The van der Waals surface area contributed by atoms with Gasteiger partial charge >= 0.3 is 1.43 Å². The minimum atomic E-state index is 0. The second kappa shape index (κ2) is 7.00. The standard InChI is InChI=1S/C8H17/c1-3-5-7-8-6-4-2/h1,3-8H2,2H3/p+1. The third-order valence-corrected chi connectivity index (χ3v) is 1.35. The second-order valence-electron chi connectivity index (χ2n) is 2.27. The van der Waals surface area contributed by atoms with Crippen LogP contribution < -0.4 is 0 Å². The van der Waals surface area contributed by atoms with Crippen molar-refractivity contribution in [3.63, 3.8) is 0 Å². The summed E-state index contributed by atoms with van der Waals surface area (Å²) in [5.41, 5.74) is 0. The van der Waals surface area contributed by atoms with E-state index in [1.54, 1.807) is 0 Å². The lowest BCUT2D eigenvalue weighted by atomic mass is 10.1. The first-order valence-corrected chi connectivity index (χ1v) is 3.71. The van der Waals surface area contributed by atoms with Crippen molar-refractivity contribution in [2.24, 2.45) is 0 Å². The van der Waals surface area contributed by atoms with Crippen LogP contribution in [0.15, 0.2) is 0 Å². The van der Waals surface area contributed by atoms with Crippen molar-refractivity contribution >= 4 is 0 Å². The minimum Gasteiger partial charge on any atom is -0.0654 e. The molecular weight excluding hydrogens is 96.1 g/mol. The lowest BCUT2D eigenvalue weighted by Gasteiger charge is -1.93. The first-order chi connectivity index (χ1) is 3.91. The predicted octanol–water partition coefficient (Wildman–Crippen LogP) is 3.29. The van der Waals surface area contributed by atoms with Gasteiger partial charge in [0.1, 0.15) is 0 Å². The largest absolute Gasteiger partial charge is 1.00 e. The van der Waals surface area contributed by atoms with Crippen molar-refractivity contribution in [2.45, 2.75) is 45.4 Å². The molecule has 1 radical (unpaired) electrons. The molecule has 49 valence electrons. The monoisotopic (exact) mass is 114 g/mol. The molecule has 8 heavy (non-hydrogen) atoms. The summed E-state index contributed by atoms with van der Waals surface area (Å²) in [4.78, 5) is 0. The van der Waals surface area contributed by atoms with Gasteiger partial charge in [-0.1, -0.05) is 52.4 Å². The second-order valence-corrected chi connectivity index (χ2v) is 2.27. The zero-order chi connectivity index (χ0) is 6.24. The van der Waals surface area contributed by atoms with Gasteiger partial charge in [0.25, 0.3) is 0 Å². The zero-order valence-corrected chi connectivity index (χ0v) is 5.95. The lowest BCUT2D eigenvalue weighted by Crippen LogP contribution is -1.74. The van der Waals surface area contributed by atoms with Gasteiger partial charge in [-0.3, -0.25) is 0 Å². The third-order valence-electron chi connectivity index (χ3n) is 1.35. The van der Waals surface area contributed by atoms with Crippen molar-refractivity contribution in [2.75, 3.05) is 0 Å². The molecule has 0 atom stereocenters. The number of hydrogen-bond donors (Lipinski definition) is 0. The summed E-state index contributed by atoms with van der Waals surface area (Å²) in [6.07, 6.45) is 7.98. The van der Waals surface area contributed by atoms with E-state index in [0.29, 0.717) is 0 Å². The van der Waals surface area contributed by atoms with Crippen molar-refractivity contribution in [1.82, 2.24) is 0 Å². The van der Waals surface area contributed by atoms with Gasteiger partial charge in [0.2, 0.25) is 0 Å². The Kier molecular flexibility index (Phi) is 7.00. The molecule has 0 spiro atoms. The van der Waals surface area contributed by atoms with Gasteiger partial charge in [-0.05, 0) is 0 Å². The fourth-order valence-corrected chi connectivity index (χ4v) is 0.780. The third kappa shape index (κ3) is 6.00. The van der Waals surface area contributed by atoms with Crippen molar-refractivity contribution in [3.05, 3.63) is 6.92 Å². The average molecular weight is 114 g/mol. The van der Waals surface area contributed by atoms with E-state index in [4.69, 9.17) is 0 Å². The Bertz CT molecular complexity index is 29.5. The Morgan fingerprint density at radius 2 is 1.75 bits per heavy atom. The van der Waals surface area contributed by atoms with E-state index in [9.17, 15) is 0 Å². The van der Waals surface area contributed by atoms with Crippen molar-refractivity contribution in [1.29, 1.82) is 0 Å². The molecule has 0 saturated carbocycles. The Hall–Kier alpha value is 0. The highest BCUT2D eigenvalue weighted by atomic mass is 13.9. The lowest BCUT2D eigenvalue weighted by molar-refractivity contribution is 0.637. The number of rotatable bonds is 5. The Morgan fingerprint density at radius 3 is 2.25 bits per heavy atom. The van der Waals surface area contributed by atoms with Gasteiger partial charge in [0, 0.05) is 0 Å². The highest BCUT2D eigenvalue weighted by Gasteiger charge is 1.83. The molecule has 0 N–H and O–H groups in total. The van der Waals surface area contributed by atoms with Gasteiger partial charge in [0.15, 0.2) is 0 Å². The molecule has 0 unspecified atom stereocenters. The van der Waals surface area contributed by atoms with Crippen LogP contribution in [0.2, 0.25) is 0 Å². The van der Waals surface area contributed by atoms with Crippen LogP contribution in [0.4, 0.5) is 0 Å². The maximum Gasteiger partial charge on any atom is 1.00 e. The maximum absolute atomic E-state index is 3.78. The van der Waals surface area contributed by atoms with Crippen LogP contribution in [-0.2, 0) is 0 Å². The normalized spacial score (nSPS) is 9.75. The van der Waals surface area contributed by atoms with Crippen LogP contribution in [0.25, 0.3) is 0 Å². The number of hydrogen-bond acceptors (Lipinski definition) is 0. The van der Waals surface area contributed by atoms with Crippen LogP contribution >= 0.6 is 0 Å². The molecule has 0 fully saturated rings. The van der Waals surface area contributed by atoms with Crippen LogP contribution in [0.5, 0.6) is 0 Å². The molecule has 0 heteroatoms. The summed E-state index contributed by atoms with van der Waals surface area (Å²) >= 11 is 0. The molecule has 0 rings (SSSR count). The summed E-state index contributed by atoms with van der Waals surface area (Å²) in [6, 6.07) is 0. The molecule has 0 nitrogen and oxygen atoms in total. The van der Waals surface area contributed by atoms with Gasteiger partial charge in [-0.2, -0.15) is 0 Å². The Morgan fingerprint density at radius 1 is 1.12 bits per heavy atom. The van der Waals surface area contributed by atoms with Gasteiger partial charge in [-0.25, -0.2) is 0 Å². The molecule has 0 heterocycles. The molecule has 0 aromatic carbocycles. The molecule has 0 amide bonds. The minimum absolute atomic E-state index is 0. The summed E-state index contributed by atoms with van der Waals surface area (Å²) < 4.78 is 0. The molecule has 0 aliphatic carbocycles. The van der Waals surface area contributed by atoms with E-state index < -0.39 is 0 Å². The summed E-state index contributed by atoms with van der Waals surface area (Å²) in [5.74, 6) is 0. The average Bonchev–Trinajstić information content (AvgIpc) is 1.81. The van der Waals surface area contributed by atoms with E-state index in [-0.39, 0.29) is 1.43 Å². The Balaban J connectivity index is 0. The van der Waals surface area contributed by atoms with E-state index in [1.807, 2.05) is 0 Å². The first-order valence-electron chi connectivity index (χ1n) is 3.71. The Labute approximate surface area is 54.8 Å². The smallest absolute Gasteiger partial charge is 0.0654 e. The van der Waals surface area contributed by atoms with Gasteiger partial charge < -0.3 is 0 Å². The molecule has 0 aromatic heterocycles. The molecule has 0 aliphatic heterocycles. The summed E-state index contributed by atoms with van der Waals surface area (Å²) in [7, 11) is 0. The van der Waals surface area contributed by atoms with E-state index >= 15 is 0 Å². The van der Waals surface area contributed by atoms with Crippen LogP contribution in [-0.4, -0.2) is 0 Å². The quantitative estimate of drug-likeness (QED) is 0.481. The van der Waals surface area contributed by atoms with E-state index in [0.717, 1.165) is 6.42 Å². The fraction of sp³-hybridized carbons (Fsp3) is 0.875. The summed E-state index contributed by atoms with van der Waals surface area (Å²) in [6.45, 7) is 6.02. The highest BCUT2D eigenvalue weighted by molar-refractivity contribution is 4.43. The molecule has 0 aliphatic rings. The molecule has 0 bridgehead atoms. The topological polar surface area (TPSA) is 0 Å².